The van der Waals surface area contributed by atoms with E-state index in [9.17, 15) is 13.9 Å². The van der Waals surface area contributed by atoms with E-state index in [1.54, 1.807) is 0 Å². The molecule has 0 aliphatic heterocycles. The van der Waals surface area contributed by atoms with Crippen LogP contribution in [0.4, 0.5) is 14.5 Å². The van der Waals surface area contributed by atoms with Crippen LogP contribution in [0.15, 0.2) is 18.2 Å². The van der Waals surface area contributed by atoms with Gasteiger partial charge in [0.25, 0.3) is 0 Å². The minimum absolute atomic E-state index is 0.162. The van der Waals surface area contributed by atoms with E-state index < -0.39 is 17.2 Å². The Morgan fingerprint density at radius 2 is 1.90 bits per heavy atom. The molecule has 3 atom stereocenters. The van der Waals surface area contributed by atoms with Crippen LogP contribution >= 0.6 is 0 Å². The third-order valence-corrected chi connectivity index (χ3v) is 5.02. The predicted molar refractivity (Wildman–Crippen MR) is 74.5 cm³/mol. The molecule has 0 spiro atoms. The van der Waals surface area contributed by atoms with Crippen molar-refractivity contribution < 1.29 is 13.9 Å². The van der Waals surface area contributed by atoms with Crippen molar-refractivity contribution in [1.82, 2.24) is 0 Å². The van der Waals surface area contributed by atoms with Crippen molar-refractivity contribution in [2.24, 2.45) is 5.92 Å². The zero-order valence-corrected chi connectivity index (χ0v) is 11.5. The fourth-order valence-corrected chi connectivity index (χ4v) is 3.92. The van der Waals surface area contributed by atoms with Crippen LogP contribution in [-0.2, 0) is 0 Å². The summed E-state index contributed by atoms with van der Waals surface area (Å²) in [5.41, 5.74) is -0.607. The third-order valence-electron chi connectivity index (χ3n) is 5.02. The summed E-state index contributed by atoms with van der Waals surface area (Å²) in [6.07, 6.45) is 6.85. The molecule has 0 radical (unpaired) electrons. The van der Waals surface area contributed by atoms with Gasteiger partial charge >= 0.3 is 0 Å². The molecule has 2 N–H and O–H groups in total. The predicted octanol–water partition coefficient (Wildman–Crippen LogP) is 3.85. The molecule has 2 nitrogen and oxygen atoms in total. The summed E-state index contributed by atoms with van der Waals surface area (Å²) in [7, 11) is 0. The second kappa shape index (κ2) is 5.32. The SMILES string of the molecule is O[C@]12CCCC[C@@H]1CCC[C@@H]2Nc1cccc(F)c1F. The van der Waals surface area contributed by atoms with Gasteiger partial charge in [-0.25, -0.2) is 8.78 Å². The highest BCUT2D eigenvalue weighted by molar-refractivity contribution is 5.46. The lowest BCUT2D eigenvalue weighted by molar-refractivity contribution is -0.0835. The maximum atomic E-state index is 13.8. The van der Waals surface area contributed by atoms with Crippen molar-refractivity contribution in [3.05, 3.63) is 29.8 Å². The van der Waals surface area contributed by atoms with Crippen LogP contribution in [0.1, 0.15) is 44.9 Å². The monoisotopic (exact) mass is 281 g/mol. The Balaban J connectivity index is 1.83. The molecule has 0 heterocycles. The summed E-state index contributed by atoms with van der Waals surface area (Å²) in [5.74, 6) is -1.41. The number of anilines is 1. The first-order chi connectivity index (χ1) is 9.61. The van der Waals surface area contributed by atoms with Crippen LogP contribution in [0.2, 0.25) is 0 Å². The molecule has 1 aromatic rings. The normalized spacial score (nSPS) is 33.5. The Morgan fingerprint density at radius 3 is 2.75 bits per heavy atom. The van der Waals surface area contributed by atoms with Crippen molar-refractivity contribution in [1.29, 1.82) is 0 Å². The van der Waals surface area contributed by atoms with E-state index in [1.165, 1.54) is 12.1 Å². The molecule has 1 aromatic carbocycles. The van der Waals surface area contributed by atoms with Gasteiger partial charge in [0.1, 0.15) is 0 Å². The Kier molecular flexibility index (Phi) is 3.67. The maximum Gasteiger partial charge on any atom is 0.181 e. The molecule has 0 saturated heterocycles. The summed E-state index contributed by atoms with van der Waals surface area (Å²) in [4.78, 5) is 0. The Hall–Kier alpha value is -1.16. The zero-order chi connectivity index (χ0) is 14.2. The van der Waals surface area contributed by atoms with E-state index in [0.29, 0.717) is 5.92 Å². The molecule has 2 saturated carbocycles. The molecule has 3 rings (SSSR count). The second-order valence-electron chi connectivity index (χ2n) is 6.16. The van der Waals surface area contributed by atoms with Gasteiger partial charge in [-0.2, -0.15) is 0 Å². The number of benzene rings is 1. The van der Waals surface area contributed by atoms with Crippen LogP contribution in [-0.4, -0.2) is 16.7 Å². The first-order valence-electron chi connectivity index (χ1n) is 7.54. The van der Waals surface area contributed by atoms with Crippen molar-refractivity contribution >= 4 is 5.69 Å². The number of hydrogen-bond donors (Lipinski definition) is 2. The molecule has 0 bridgehead atoms. The highest BCUT2D eigenvalue weighted by Gasteiger charge is 2.47. The van der Waals surface area contributed by atoms with E-state index in [-0.39, 0.29) is 11.7 Å². The largest absolute Gasteiger partial charge is 0.387 e. The van der Waals surface area contributed by atoms with Gasteiger partial charge < -0.3 is 10.4 Å². The smallest absolute Gasteiger partial charge is 0.181 e. The highest BCUT2D eigenvalue weighted by Crippen LogP contribution is 2.45. The van der Waals surface area contributed by atoms with Gasteiger partial charge in [-0.15, -0.1) is 0 Å². The highest BCUT2D eigenvalue weighted by atomic mass is 19.2. The minimum Gasteiger partial charge on any atom is -0.387 e. The van der Waals surface area contributed by atoms with Crippen molar-refractivity contribution in [3.8, 4) is 0 Å². The maximum absolute atomic E-state index is 13.8. The van der Waals surface area contributed by atoms with Gasteiger partial charge in [-0.3, -0.25) is 0 Å². The standard InChI is InChI=1S/C16H21F2NO/c17-12-7-4-8-13(15(12)18)19-14-9-3-6-11-5-1-2-10-16(11,14)20/h4,7-8,11,14,19-20H,1-3,5-6,9-10H2/t11-,14+,16-/m1/s1. The lowest BCUT2D eigenvalue weighted by Gasteiger charge is -2.49. The van der Waals surface area contributed by atoms with Crippen LogP contribution in [0.25, 0.3) is 0 Å². The molecular weight excluding hydrogens is 260 g/mol. The average molecular weight is 281 g/mol. The minimum atomic E-state index is -0.853. The first kappa shape index (κ1) is 13.8. The second-order valence-corrected chi connectivity index (χ2v) is 6.16. The molecule has 2 fully saturated rings. The van der Waals surface area contributed by atoms with E-state index in [2.05, 4.69) is 5.32 Å². The topological polar surface area (TPSA) is 32.3 Å². The number of halogens is 2. The van der Waals surface area contributed by atoms with Crippen molar-refractivity contribution in [3.63, 3.8) is 0 Å². The number of rotatable bonds is 2. The van der Waals surface area contributed by atoms with Gasteiger partial charge in [0.15, 0.2) is 11.6 Å². The van der Waals surface area contributed by atoms with E-state index in [4.69, 9.17) is 0 Å². The Bertz CT molecular complexity index is 491. The fraction of sp³-hybridized carbons (Fsp3) is 0.625. The van der Waals surface area contributed by atoms with Crippen LogP contribution in [0.5, 0.6) is 0 Å². The number of aliphatic hydroxyl groups is 1. The summed E-state index contributed by atoms with van der Waals surface area (Å²) in [6.45, 7) is 0. The summed E-state index contributed by atoms with van der Waals surface area (Å²) < 4.78 is 27.1. The van der Waals surface area contributed by atoms with E-state index in [1.807, 2.05) is 0 Å². The number of fused-ring (bicyclic) bond motifs is 1. The van der Waals surface area contributed by atoms with Crippen LogP contribution in [0, 0.1) is 17.6 Å². The molecule has 2 aliphatic carbocycles. The Labute approximate surface area is 118 Å². The lowest BCUT2D eigenvalue weighted by atomic mass is 9.65. The third kappa shape index (κ3) is 2.30. The first-order valence-corrected chi connectivity index (χ1v) is 7.54. The Morgan fingerprint density at radius 1 is 1.10 bits per heavy atom. The molecule has 4 heteroatoms. The molecule has 20 heavy (non-hydrogen) atoms. The van der Waals surface area contributed by atoms with Crippen molar-refractivity contribution in [2.75, 3.05) is 5.32 Å². The van der Waals surface area contributed by atoms with Gasteiger partial charge in [0.05, 0.1) is 17.3 Å². The summed E-state index contributed by atoms with van der Waals surface area (Å²) >= 11 is 0. The number of nitrogens with one attached hydrogen (secondary N) is 1. The number of hydrogen-bond acceptors (Lipinski definition) is 2. The van der Waals surface area contributed by atoms with Gasteiger partial charge in [-0.1, -0.05) is 25.3 Å². The summed E-state index contributed by atoms with van der Waals surface area (Å²) in [5, 5.41) is 14.1. The van der Waals surface area contributed by atoms with Gasteiger partial charge in [0, 0.05) is 0 Å². The molecule has 0 amide bonds. The van der Waals surface area contributed by atoms with E-state index >= 15 is 0 Å². The van der Waals surface area contributed by atoms with Crippen LogP contribution in [0.3, 0.4) is 0 Å². The molecule has 2 aliphatic rings. The van der Waals surface area contributed by atoms with Crippen LogP contribution < -0.4 is 5.32 Å². The molecule has 0 unspecified atom stereocenters. The van der Waals surface area contributed by atoms with Gasteiger partial charge in [0.2, 0.25) is 0 Å². The summed E-state index contributed by atoms with van der Waals surface area (Å²) in [6, 6.07) is 3.96. The van der Waals surface area contributed by atoms with E-state index in [0.717, 1.165) is 51.0 Å². The quantitative estimate of drug-likeness (QED) is 0.863. The zero-order valence-electron chi connectivity index (χ0n) is 11.5. The average Bonchev–Trinajstić information content (AvgIpc) is 2.44. The molecule has 0 aromatic heterocycles. The van der Waals surface area contributed by atoms with Gasteiger partial charge in [-0.05, 0) is 43.7 Å². The van der Waals surface area contributed by atoms with Crippen molar-refractivity contribution in [2.45, 2.75) is 56.6 Å². The fourth-order valence-electron chi connectivity index (χ4n) is 3.92. The molecular formula is C16H21F2NO. The lowest BCUT2D eigenvalue weighted by Crippen LogP contribution is -2.56. The molecule has 110 valence electrons.